The molecule has 1 N–H and O–H groups in total. The molecule has 1 fully saturated rings. The van der Waals surface area contributed by atoms with Crippen molar-refractivity contribution >= 4 is 21.9 Å². The fourth-order valence-corrected chi connectivity index (χ4v) is 3.35. The molecule has 1 aliphatic heterocycles. The van der Waals surface area contributed by atoms with Crippen molar-refractivity contribution in [1.29, 1.82) is 0 Å². The van der Waals surface area contributed by atoms with Gasteiger partial charge in [-0.2, -0.15) is 17.5 Å². The molecule has 128 valence electrons. The number of piperazine rings is 1. The molecule has 1 amide bonds. The predicted molar refractivity (Wildman–Crippen MR) is 67.1 cm³/mol. The first kappa shape index (κ1) is 17.3. The first-order chi connectivity index (χ1) is 10.5. The predicted octanol–water partition coefficient (Wildman–Crippen LogP) is 0.373. The summed E-state index contributed by atoms with van der Waals surface area (Å²) in [4.78, 5) is 22.3. The van der Waals surface area contributed by atoms with Crippen LogP contribution in [0.2, 0.25) is 0 Å². The Bertz CT molecular complexity index is 718. The quantitative estimate of drug-likeness (QED) is 0.838. The number of furan rings is 1. The Kier molecular flexibility index (Phi) is 4.39. The van der Waals surface area contributed by atoms with E-state index in [1.807, 2.05) is 0 Å². The van der Waals surface area contributed by atoms with Crippen molar-refractivity contribution in [3.05, 3.63) is 17.9 Å². The fourth-order valence-electron chi connectivity index (χ4n) is 2.01. The zero-order valence-electron chi connectivity index (χ0n) is 11.4. The summed E-state index contributed by atoms with van der Waals surface area (Å²) in [5, 5.41) is 8.07. The van der Waals surface area contributed by atoms with Crippen molar-refractivity contribution in [2.45, 2.75) is 11.3 Å². The molecule has 1 aromatic rings. The molecule has 1 saturated heterocycles. The molecule has 1 aromatic heterocycles. The van der Waals surface area contributed by atoms with Gasteiger partial charge in [0.25, 0.3) is 10.0 Å². The molecule has 0 aliphatic carbocycles. The van der Waals surface area contributed by atoms with E-state index >= 15 is 0 Å². The lowest BCUT2D eigenvalue weighted by atomic mass is 10.3. The smallest absolute Gasteiger partial charge is 0.471 e. The summed E-state index contributed by atoms with van der Waals surface area (Å²) in [5.74, 6) is -4.05. The molecule has 12 heteroatoms. The molecule has 0 saturated carbocycles. The number of nitrogens with zero attached hydrogens (tertiary/aromatic N) is 2. The second-order valence-electron chi connectivity index (χ2n) is 4.62. The van der Waals surface area contributed by atoms with Gasteiger partial charge in [-0.1, -0.05) is 0 Å². The molecule has 8 nitrogen and oxygen atoms in total. The van der Waals surface area contributed by atoms with Gasteiger partial charge in [0.2, 0.25) is 10.9 Å². The highest BCUT2D eigenvalue weighted by Crippen LogP contribution is 2.23. The van der Waals surface area contributed by atoms with E-state index in [1.165, 1.54) is 0 Å². The van der Waals surface area contributed by atoms with E-state index in [2.05, 4.69) is 0 Å². The molecule has 0 unspecified atom stereocenters. The number of halogens is 3. The van der Waals surface area contributed by atoms with E-state index in [0.29, 0.717) is 4.90 Å². The second-order valence-corrected chi connectivity index (χ2v) is 6.49. The molecular weight excluding hydrogens is 345 g/mol. The van der Waals surface area contributed by atoms with E-state index < -0.39 is 52.0 Å². The van der Waals surface area contributed by atoms with Gasteiger partial charge in [-0.25, -0.2) is 13.2 Å². The van der Waals surface area contributed by atoms with Crippen molar-refractivity contribution in [3.63, 3.8) is 0 Å². The lowest BCUT2D eigenvalue weighted by molar-refractivity contribution is -0.186. The largest absolute Gasteiger partial charge is 0.475 e. The number of aromatic carboxylic acids is 1. The van der Waals surface area contributed by atoms with E-state index in [9.17, 15) is 31.2 Å². The number of carboxylic acids is 1. The number of alkyl halides is 3. The number of sulfonamides is 1. The minimum atomic E-state index is -5.02. The number of hydrogen-bond donors (Lipinski definition) is 1. The van der Waals surface area contributed by atoms with E-state index in [-0.39, 0.29) is 13.1 Å². The second kappa shape index (κ2) is 5.85. The van der Waals surface area contributed by atoms with Crippen LogP contribution in [0.4, 0.5) is 13.2 Å². The number of amides is 1. The molecule has 0 radical (unpaired) electrons. The Morgan fingerprint density at radius 2 is 1.70 bits per heavy atom. The Morgan fingerprint density at radius 3 is 2.13 bits per heavy atom. The topological polar surface area (TPSA) is 108 Å². The first-order valence-electron chi connectivity index (χ1n) is 6.23. The monoisotopic (exact) mass is 356 g/mol. The minimum absolute atomic E-state index is 0.354. The molecule has 2 heterocycles. The van der Waals surface area contributed by atoms with Gasteiger partial charge < -0.3 is 14.4 Å². The van der Waals surface area contributed by atoms with Gasteiger partial charge in [-0.3, -0.25) is 4.79 Å². The lowest BCUT2D eigenvalue weighted by Crippen LogP contribution is -2.53. The fraction of sp³-hybridized carbons (Fsp3) is 0.455. The van der Waals surface area contributed by atoms with Gasteiger partial charge in [-0.05, 0) is 12.1 Å². The zero-order valence-corrected chi connectivity index (χ0v) is 12.2. The highest BCUT2D eigenvalue weighted by molar-refractivity contribution is 7.89. The molecule has 1 aliphatic rings. The maximum Gasteiger partial charge on any atom is 0.471 e. The number of carboxylic acid groups (broad SMARTS) is 1. The number of hydrogen-bond acceptors (Lipinski definition) is 5. The highest BCUT2D eigenvalue weighted by atomic mass is 32.2. The highest BCUT2D eigenvalue weighted by Gasteiger charge is 2.44. The summed E-state index contributed by atoms with van der Waals surface area (Å²) in [6.07, 6.45) is -5.02. The summed E-state index contributed by atoms with van der Waals surface area (Å²) in [6, 6.07) is 1.91. The molecule has 0 atom stereocenters. The van der Waals surface area contributed by atoms with E-state index in [4.69, 9.17) is 9.52 Å². The van der Waals surface area contributed by atoms with Gasteiger partial charge in [0, 0.05) is 26.2 Å². The number of rotatable bonds is 3. The standard InChI is InChI=1S/C11H11F3N2O6S/c12-11(13,14)10(19)15-3-5-16(6-4-15)23(20,21)8-2-1-7(22-8)9(17)18/h1-2H,3-6H2,(H,17,18). The van der Waals surface area contributed by atoms with Crippen LogP contribution in [0, 0.1) is 0 Å². The van der Waals surface area contributed by atoms with Gasteiger partial charge >= 0.3 is 18.1 Å². The number of carbonyl (C=O) groups is 2. The molecule has 0 spiro atoms. The summed E-state index contributed by atoms with van der Waals surface area (Å²) in [6.45, 7) is -1.56. The third-order valence-electron chi connectivity index (χ3n) is 3.15. The molecule has 23 heavy (non-hydrogen) atoms. The maximum absolute atomic E-state index is 12.3. The molecular formula is C11H11F3N2O6S. The average molecular weight is 356 g/mol. The van der Waals surface area contributed by atoms with Gasteiger partial charge in [-0.15, -0.1) is 0 Å². The van der Waals surface area contributed by atoms with Crippen LogP contribution in [0.25, 0.3) is 0 Å². The van der Waals surface area contributed by atoms with Crippen LogP contribution in [0.15, 0.2) is 21.6 Å². The van der Waals surface area contributed by atoms with Crippen LogP contribution in [0.5, 0.6) is 0 Å². The Morgan fingerprint density at radius 1 is 1.13 bits per heavy atom. The Hall–Kier alpha value is -2.08. The van der Waals surface area contributed by atoms with Gasteiger partial charge in [0.1, 0.15) is 0 Å². The lowest BCUT2D eigenvalue weighted by Gasteiger charge is -2.33. The zero-order chi connectivity index (χ0) is 17.4. The number of carbonyl (C=O) groups excluding carboxylic acids is 1. The van der Waals surface area contributed by atoms with Crippen LogP contribution in [0.1, 0.15) is 10.6 Å². The minimum Gasteiger partial charge on any atom is -0.475 e. The Labute approximate surface area is 128 Å². The van der Waals surface area contributed by atoms with Crippen molar-refractivity contribution < 1.29 is 40.7 Å². The van der Waals surface area contributed by atoms with Gasteiger partial charge in [0.15, 0.2) is 0 Å². The van der Waals surface area contributed by atoms with Crippen molar-refractivity contribution in [2.75, 3.05) is 26.2 Å². The maximum atomic E-state index is 12.3. The summed E-state index contributed by atoms with van der Waals surface area (Å²) in [5.41, 5.74) is 0. The van der Waals surface area contributed by atoms with Crippen LogP contribution in [-0.2, 0) is 14.8 Å². The van der Waals surface area contributed by atoms with Crippen LogP contribution >= 0.6 is 0 Å². The van der Waals surface area contributed by atoms with Crippen LogP contribution in [0.3, 0.4) is 0 Å². The molecule has 0 aromatic carbocycles. The van der Waals surface area contributed by atoms with Crippen molar-refractivity contribution in [1.82, 2.24) is 9.21 Å². The van der Waals surface area contributed by atoms with Crippen LogP contribution in [-0.4, -0.2) is 67.0 Å². The third kappa shape index (κ3) is 3.47. The first-order valence-corrected chi connectivity index (χ1v) is 7.67. The molecule has 2 rings (SSSR count). The Balaban J connectivity index is 2.09. The summed E-state index contributed by atoms with van der Waals surface area (Å²) in [7, 11) is -4.18. The normalized spacial score (nSPS) is 17.3. The van der Waals surface area contributed by atoms with E-state index in [0.717, 1.165) is 16.4 Å². The molecule has 0 bridgehead atoms. The average Bonchev–Trinajstić information content (AvgIpc) is 2.96. The van der Waals surface area contributed by atoms with Crippen LogP contribution < -0.4 is 0 Å². The van der Waals surface area contributed by atoms with Crippen molar-refractivity contribution in [2.24, 2.45) is 0 Å². The van der Waals surface area contributed by atoms with Crippen molar-refractivity contribution in [3.8, 4) is 0 Å². The third-order valence-corrected chi connectivity index (χ3v) is 4.93. The summed E-state index contributed by atoms with van der Waals surface area (Å²) < 4.78 is 66.9. The SMILES string of the molecule is O=C(O)c1ccc(S(=O)(=O)N2CCN(C(=O)C(F)(F)F)CC2)o1. The summed E-state index contributed by atoms with van der Waals surface area (Å²) >= 11 is 0. The van der Waals surface area contributed by atoms with Gasteiger partial charge in [0.05, 0.1) is 0 Å². The van der Waals surface area contributed by atoms with E-state index in [1.54, 1.807) is 0 Å².